The molecule has 0 bridgehead atoms. The summed E-state index contributed by atoms with van der Waals surface area (Å²) in [6.07, 6.45) is 0. The number of sulfone groups is 1. The molecule has 0 atom stereocenters. The Morgan fingerprint density at radius 2 is 1.19 bits per heavy atom. The predicted molar refractivity (Wildman–Crippen MR) is 93.1 cm³/mol. The van der Waals surface area contributed by atoms with Crippen molar-refractivity contribution in [3.63, 3.8) is 0 Å². The summed E-state index contributed by atoms with van der Waals surface area (Å²) < 4.78 is 26.0. The molecule has 0 aliphatic rings. The minimum Gasteiger partial charge on any atom is -0.218 e. The number of benzene rings is 2. The Morgan fingerprint density at radius 3 is 1.52 bits per heavy atom. The first-order chi connectivity index (χ1) is 9.93. The van der Waals surface area contributed by atoms with Crippen LogP contribution in [-0.2, 0) is 20.5 Å². The van der Waals surface area contributed by atoms with Crippen molar-refractivity contribution < 1.29 is 8.42 Å². The smallest absolute Gasteiger partial charge is 0.207 e. The standard InChI is InChI=1S/C16H16Br2O2S/c1-11-13(9-17)5-3-7-15(11)21(19,20)16-8-4-6-14(10-18)12(16)2/h3-8H,9-10H2,1-2H3. The third-order valence-electron chi connectivity index (χ3n) is 3.66. The van der Waals surface area contributed by atoms with Crippen LogP contribution in [0.4, 0.5) is 0 Å². The monoisotopic (exact) mass is 430 g/mol. The van der Waals surface area contributed by atoms with Crippen LogP contribution in [0.15, 0.2) is 46.2 Å². The van der Waals surface area contributed by atoms with Crippen LogP contribution in [0.1, 0.15) is 22.3 Å². The Hall–Kier alpha value is -0.650. The highest BCUT2D eigenvalue weighted by molar-refractivity contribution is 9.08. The van der Waals surface area contributed by atoms with Gasteiger partial charge in [0.1, 0.15) is 0 Å². The molecule has 2 aromatic carbocycles. The first kappa shape index (κ1) is 16.7. The largest absolute Gasteiger partial charge is 0.218 e. The lowest BCUT2D eigenvalue weighted by atomic mass is 10.1. The van der Waals surface area contributed by atoms with E-state index in [0.29, 0.717) is 20.5 Å². The van der Waals surface area contributed by atoms with Crippen LogP contribution in [0.5, 0.6) is 0 Å². The van der Waals surface area contributed by atoms with Gasteiger partial charge in [-0.25, -0.2) is 8.42 Å². The van der Waals surface area contributed by atoms with E-state index in [9.17, 15) is 8.42 Å². The van der Waals surface area contributed by atoms with Crippen molar-refractivity contribution in [2.75, 3.05) is 0 Å². The normalized spacial score (nSPS) is 11.6. The molecule has 0 saturated heterocycles. The SMILES string of the molecule is Cc1c(CBr)cccc1S(=O)(=O)c1cccc(CBr)c1C. The first-order valence-electron chi connectivity index (χ1n) is 6.47. The fourth-order valence-electron chi connectivity index (χ4n) is 2.31. The second kappa shape index (κ2) is 6.63. The van der Waals surface area contributed by atoms with E-state index in [-0.39, 0.29) is 0 Å². The molecule has 0 heterocycles. The molecule has 21 heavy (non-hydrogen) atoms. The van der Waals surface area contributed by atoms with Gasteiger partial charge >= 0.3 is 0 Å². The second-order valence-electron chi connectivity index (χ2n) is 4.85. The lowest BCUT2D eigenvalue weighted by Gasteiger charge is -2.14. The molecule has 0 fully saturated rings. The summed E-state index contributed by atoms with van der Waals surface area (Å²) >= 11 is 6.80. The van der Waals surface area contributed by atoms with Gasteiger partial charge in [-0.2, -0.15) is 0 Å². The van der Waals surface area contributed by atoms with Gasteiger partial charge in [0.05, 0.1) is 9.79 Å². The lowest BCUT2D eigenvalue weighted by molar-refractivity contribution is 0.594. The molecular formula is C16H16Br2O2S. The maximum Gasteiger partial charge on any atom is 0.207 e. The van der Waals surface area contributed by atoms with Gasteiger partial charge in [-0.05, 0) is 48.2 Å². The zero-order valence-electron chi connectivity index (χ0n) is 11.9. The zero-order chi connectivity index (χ0) is 15.6. The fourth-order valence-corrected chi connectivity index (χ4v) is 5.35. The summed E-state index contributed by atoms with van der Waals surface area (Å²) in [7, 11) is -3.51. The van der Waals surface area contributed by atoms with Crippen molar-refractivity contribution in [1.82, 2.24) is 0 Å². The molecule has 0 amide bonds. The van der Waals surface area contributed by atoms with Crippen molar-refractivity contribution in [1.29, 1.82) is 0 Å². The highest BCUT2D eigenvalue weighted by Crippen LogP contribution is 2.30. The fraction of sp³-hybridized carbons (Fsp3) is 0.250. The first-order valence-corrected chi connectivity index (χ1v) is 10.2. The summed E-state index contributed by atoms with van der Waals surface area (Å²) in [4.78, 5) is 0.767. The van der Waals surface area contributed by atoms with Crippen molar-refractivity contribution in [2.24, 2.45) is 0 Å². The van der Waals surface area contributed by atoms with E-state index in [1.807, 2.05) is 26.0 Å². The number of alkyl halides is 2. The van der Waals surface area contributed by atoms with Crippen LogP contribution in [0.2, 0.25) is 0 Å². The van der Waals surface area contributed by atoms with E-state index in [4.69, 9.17) is 0 Å². The maximum atomic E-state index is 13.0. The molecule has 112 valence electrons. The Bertz CT molecular complexity index is 708. The minimum absolute atomic E-state index is 0.384. The molecule has 0 unspecified atom stereocenters. The van der Waals surface area contributed by atoms with E-state index in [1.54, 1.807) is 24.3 Å². The predicted octanol–water partition coefficient (Wildman–Crippen LogP) is 4.93. The van der Waals surface area contributed by atoms with E-state index < -0.39 is 9.84 Å². The van der Waals surface area contributed by atoms with Crippen LogP contribution < -0.4 is 0 Å². The molecule has 0 N–H and O–H groups in total. The Kier molecular flexibility index (Phi) is 5.28. The van der Waals surface area contributed by atoms with Gasteiger partial charge in [-0.15, -0.1) is 0 Å². The number of rotatable bonds is 4. The summed E-state index contributed by atoms with van der Waals surface area (Å²) in [5, 5.41) is 1.28. The van der Waals surface area contributed by atoms with Crippen molar-refractivity contribution in [3.8, 4) is 0 Å². The van der Waals surface area contributed by atoms with Gasteiger partial charge in [0, 0.05) is 10.7 Å². The van der Waals surface area contributed by atoms with Gasteiger partial charge in [0.2, 0.25) is 9.84 Å². The van der Waals surface area contributed by atoms with Gasteiger partial charge in [-0.1, -0.05) is 56.1 Å². The molecule has 0 aliphatic carbocycles. The maximum absolute atomic E-state index is 13.0. The topological polar surface area (TPSA) is 34.1 Å². The highest BCUT2D eigenvalue weighted by Gasteiger charge is 2.23. The van der Waals surface area contributed by atoms with Gasteiger partial charge in [0.25, 0.3) is 0 Å². The van der Waals surface area contributed by atoms with Crippen LogP contribution in [-0.4, -0.2) is 8.42 Å². The van der Waals surface area contributed by atoms with E-state index >= 15 is 0 Å². The van der Waals surface area contributed by atoms with Crippen LogP contribution in [0.3, 0.4) is 0 Å². The summed E-state index contributed by atoms with van der Waals surface area (Å²) in [5.41, 5.74) is 3.59. The number of hydrogen-bond acceptors (Lipinski definition) is 2. The van der Waals surface area contributed by atoms with Gasteiger partial charge < -0.3 is 0 Å². The molecule has 2 aromatic rings. The van der Waals surface area contributed by atoms with Crippen LogP contribution >= 0.6 is 31.9 Å². The third kappa shape index (κ3) is 3.10. The molecule has 0 radical (unpaired) electrons. The zero-order valence-corrected chi connectivity index (χ0v) is 15.8. The minimum atomic E-state index is -3.51. The van der Waals surface area contributed by atoms with Crippen molar-refractivity contribution in [2.45, 2.75) is 34.3 Å². The average molecular weight is 432 g/mol. The van der Waals surface area contributed by atoms with Crippen LogP contribution in [0.25, 0.3) is 0 Å². The summed E-state index contributed by atoms with van der Waals surface area (Å²) in [6, 6.07) is 10.8. The summed E-state index contributed by atoms with van der Waals surface area (Å²) in [6.45, 7) is 3.71. The van der Waals surface area contributed by atoms with Gasteiger partial charge in [-0.3, -0.25) is 0 Å². The molecular weight excluding hydrogens is 416 g/mol. The Labute approximate surface area is 142 Å². The second-order valence-corrected chi connectivity index (χ2v) is 7.86. The molecule has 2 rings (SSSR count). The quantitative estimate of drug-likeness (QED) is 0.643. The molecule has 2 nitrogen and oxygen atoms in total. The molecule has 0 saturated carbocycles. The van der Waals surface area contributed by atoms with E-state index in [1.165, 1.54) is 0 Å². The Balaban J connectivity index is 2.69. The lowest BCUT2D eigenvalue weighted by Crippen LogP contribution is -2.08. The molecule has 0 aliphatic heterocycles. The van der Waals surface area contributed by atoms with E-state index in [0.717, 1.165) is 22.3 Å². The van der Waals surface area contributed by atoms with Crippen molar-refractivity contribution in [3.05, 3.63) is 58.7 Å². The third-order valence-corrected chi connectivity index (χ3v) is 6.91. The summed E-state index contributed by atoms with van der Waals surface area (Å²) in [5.74, 6) is 0. The number of hydrogen-bond donors (Lipinski definition) is 0. The molecule has 5 heteroatoms. The number of halogens is 2. The molecule has 0 aromatic heterocycles. The average Bonchev–Trinajstić information content (AvgIpc) is 2.47. The highest BCUT2D eigenvalue weighted by atomic mass is 79.9. The van der Waals surface area contributed by atoms with Crippen molar-refractivity contribution >= 4 is 41.7 Å². The molecule has 0 spiro atoms. The Morgan fingerprint density at radius 1 is 0.810 bits per heavy atom. The van der Waals surface area contributed by atoms with Crippen LogP contribution in [0, 0.1) is 13.8 Å². The van der Waals surface area contributed by atoms with Gasteiger partial charge in [0.15, 0.2) is 0 Å². The van der Waals surface area contributed by atoms with E-state index in [2.05, 4.69) is 31.9 Å².